The normalized spacial score (nSPS) is 11.0. The fourth-order valence-electron chi connectivity index (χ4n) is 4.05. The molecule has 35 heavy (non-hydrogen) atoms. The van der Waals surface area contributed by atoms with Crippen LogP contribution in [0.4, 0.5) is 0 Å². The van der Waals surface area contributed by atoms with Crippen LogP contribution < -0.4 is 10.1 Å². The van der Waals surface area contributed by atoms with Crippen molar-refractivity contribution in [2.45, 2.75) is 38.6 Å². The van der Waals surface area contributed by atoms with Crippen molar-refractivity contribution in [3.05, 3.63) is 94.2 Å². The van der Waals surface area contributed by atoms with Crippen molar-refractivity contribution >= 4 is 40.1 Å². The lowest BCUT2D eigenvalue weighted by Gasteiger charge is -2.11. The summed E-state index contributed by atoms with van der Waals surface area (Å²) in [5.74, 6) is 1.72. The quantitative estimate of drug-likeness (QED) is 0.210. The zero-order valence-electron chi connectivity index (χ0n) is 19.6. The fourth-order valence-corrected chi connectivity index (χ4v) is 4.43. The van der Waals surface area contributed by atoms with Crippen LogP contribution in [0.5, 0.6) is 5.75 Å². The lowest BCUT2D eigenvalue weighted by atomic mass is 10.1. The summed E-state index contributed by atoms with van der Waals surface area (Å²) < 4.78 is 8.16. The fraction of sp³-hybridized carbons (Fsp3) is 0.286. The zero-order chi connectivity index (χ0) is 24.5. The molecule has 0 bridgehead atoms. The second-order valence-corrected chi connectivity index (χ2v) is 9.22. The Morgan fingerprint density at radius 3 is 2.60 bits per heavy atom. The first kappa shape index (κ1) is 25.1. The first-order valence-corrected chi connectivity index (χ1v) is 12.7. The van der Waals surface area contributed by atoms with Gasteiger partial charge in [-0.25, -0.2) is 4.98 Å². The number of nitrogens with one attached hydrogen (secondary N) is 1. The van der Waals surface area contributed by atoms with Gasteiger partial charge in [-0.3, -0.25) is 4.79 Å². The van der Waals surface area contributed by atoms with Gasteiger partial charge in [-0.2, -0.15) is 0 Å². The number of hydrogen-bond donors (Lipinski definition) is 1. The molecule has 3 aromatic carbocycles. The van der Waals surface area contributed by atoms with E-state index in [1.54, 1.807) is 24.3 Å². The minimum atomic E-state index is -0.0895. The van der Waals surface area contributed by atoms with Crippen molar-refractivity contribution in [3.63, 3.8) is 0 Å². The summed E-state index contributed by atoms with van der Waals surface area (Å²) in [7, 11) is 0. The van der Waals surface area contributed by atoms with Crippen LogP contribution in [0.3, 0.4) is 0 Å². The van der Waals surface area contributed by atoms with E-state index >= 15 is 0 Å². The van der Waals surface area contributed by atoms with Crippen LogP contribution in [-0.2, 0) is 13.0 Å². The molecular weight excluding hydrogens is 481 g/mol. The number of nitrogens with zero attached hydrogens (tertiary/aromatic N) is 2. The molecular formula is C28H29Cl2N3O2. The van der Waals surface area contributed by atoms with Gasteiger partial charge in [-0.15, -0.1) is 0 Å². The van der Waals surface area contributed by atoms with Crippen LogP contribution in [-0.4, -0.2) is 28.6 Å². The lowest BCUT2D eigenvalue weighted by molar-refractivity contribution is 0.0953. The van der Waals surface area contributed by atoms with Crippen molar-refractivity contribution in [1.82, 2.24) is 14.9 Å². The van der Waals surface area contributed by atoms with Gasteiger partial charge in [-0.1, -0.05) is 60.0 Å². The van der Waals surface area contributed by atoms with Crippen LogP contribution >= 0.6 is 23.2 Å². The Labute approximate surface area is 216 Å². The van der Waals surface area contributed by atoms with Gasteiger partial charge in [0, 0.05) is 30.1 Å². The number of aromatic nitrogens is 2. The molecule has 0 saturated carbocycles. The van der Waals surface area contributed by atoms with Crippen molar-refractivity contribution in [3.8, 4) is 5.75 Å². The number of benzene rings is 3. The summed E-state index contributed by atoms with van der Waals surface area (Å²) in [6.07, 6.45) is 4.68. The molecule has 0 aliphatic rings. The van der Waals surface area contributed by atoms with E-state index in [-0.39, 0.29) is 5.91 Å². The maximum Gasteiger partial charge on any atom is 0.251 e. The van der Waals surface area contributed by atoms with E-state index in [1.807, 2.05) is 36.4 Å². The van der Waals surface area contributed by atoms with E-state index in [4.69, 9.17) is 32.9 Å². The van der Waals surface area contributed by atoms with E-state index in [0.29, 0.717) is 34.5 Å². The number of para-hydroxylation sites is 3. The average molecular weight is 510 g/mol. The number of unbranched alkanes of at least 4 members (excludes halogenated alkanes) is 2. The number of hydrogen-bond acceptors (Lipinski definition) is 3. The summed E-state index contributed by atoms with van der Waals surface area (Å²) in [6, 6.07) is 22.8. The van der Waals surface area contributed by atoms with Crippen LogP contribution in [0.15, 0.2) is 72.8 Å². The van der Waals surface area contributed by atoms with Gasteiger partial charge in [0.2, 0.25) is 0 Å². The lowest BCUT2D eigenvalue weighted by Crippen LogP contribution is -2.24. The van der Waals surface area contributed by atoms with Crippen LogP contribution in [0.1, 0.15) is 41.9 Å². The standard InChI is InChI=1S/C28H29Cl2N3O2/c29-22-11-8-10-21(20-22)28(34)31-17-7-1-2-16-27-32-24-13-4-5-14-25(24)33(27)18-9-19-35-26-15-6-3-12-23(26)30/h3-6,8,10-15,20H,1-2,7,9,16-19H2,(H,31,34). The van der Waals surface area contributed by atoms with E-state index in [2.05, 4.69) is 22.0 Å². The van der Waals surface area contributed by atoms with Gasteiger partial charge < -0.3 is 14.6 Å². The van der Waals surface area contributed by atoms with Crippen molar-refractivity contribution in [2.24, 2.45) is 0 Å². The van der Waals surface area contributed by atoms with E-state index < -0.39 is 0 Å². The third-order valence-electron chi connectivity index (χ3n) is 5.80. The number of aryl methyl sites for hydroxylation is 2. The van der Waals surface area contributed by atoms with Crippen LogP contribution in [0.2, 0.25) is 10.0 Å². The van der Waals surface area contributed by atoms with Gasteiger partial charge in [-0.05, 0) is 61.7 Å². The van der Waals surface area contributed by atoms with Crippen molar-refractivity contribution < 1.29 is 9.53 Å². The topological polar surface area (TPSA) is 56.2 Å². The van der Waals surface area contributed by atoms with Gasteiger partial charge in [0.05, 0.1) is 22.7 Å². The Bertz CT molecular complexity index is 1270. The zero-order valence-corrected chi connectivity index (χ0v) is 21.1. The molecule has 0 radical (unpaired) electrons. The average Bonchev–Trinajstić information content (AvgIpc) is 3.22. The number of carbonyl (C=O) groups excluding carboxylic acids is 1. The summed E-state index contributed by atoms with van der Waals surface area (Å²) in [5.41, 5.74) is 2.75. The maximum atomic E-state index is 12.2. The van der Waals surface area contributed by atoms with Crippen molar-refractivity contribution in [2.75, 3.05) is 13.2 Å². The monoisotopic (exact) mass is 509 g/mol. The summed E-state index contributed by atoms with van der Waals surface area (Å²) in [5, 5.41) is 4.16. The Kier molecular flexibility index (Phi) is 9.04. The Balaban J connectivity index is 1.25. The smallest absolute Gasteiger partial charge is 0.251 e. The first-order chi connectivity index (χ1) is 17.1. The minimum absolute atomic E-state index is 0.0895. The molecule has 1 N–H and O–H groups in total. The number of rotatable bonds is 12. The minimum Gasteiger partial charge on any atom is -0.492 e. The summed E-state index contributed by atoms with van der Waals surface area (Å²) in [4.78, 5) is 17.1. The molecule has 182 valence electrons. The molecule has 4 aromatic rings. The molecule has 5 nitrogen and oxygen atoms in total. The highest BCUT2D eigenvalue weighted by Crippen LogP contribution is 2.23. The molecule has 0 spiro atoms. The Morgan fingerprint density at radius 2 is 1.74 bits per heavy atom. The van der Waals surface area contributed by atoms with Gasteiger partial charge in [0.25, 0.3) is 5.91 Å². The maximum absolute atomic E-state index is 12.2. The second-order valence-electron chi connectivity index (χ2n) is 8.38. The predicted molar refractivity (Wildman–Crippen MR) is 143 cm³/mol. The van der Waals surface area contributed by atoms with Gasteiger partial charge in [0.15, 0.2) is 0 Å². The third kappa shape index (κ3) is 7.00. The number of halogens is 2. The molecule has 0 aliphatic carbocycles. The number of ether oxygens (including phenoxy) is 1. The molecule has 0 atom stereocenters. The second kappa shape index (κ2) is 12.6. The molecule has 4 rings (SSSR count). The van der Waals surface area contributed by atoms with Crippen LogP contribution in [0, 0.1) is 0 Å². The first-order valence-electron chi connectivity index (χ1n) is 12.0. The molecule has 0 fully saturated rings. The van der Waals surface area contributed by atoms with Gasteiger partial charge >= 0.3 is 0 Å². The summed E-state index contributed by atoms with van der Waals surface area (Å²) in [6.45, 7) is 2.05. The number of carbonyl (C=O) groups is 1. The van der Waals surface area contributed by atoms with E-state index in [9.17, 15) is 4.79 Å². The molecule has 1 heterocycles. The highest BCUT2D eigenvalue weighted by atomic mass is 35.5. The van der Waals surface area contributed by atoms with E-state index in [1.165, 1.54) is 0 Å². The van der Waals surface area contributed by atoms with Gasteiger partial charge in [0.1, 0.15) is 11.6 Å². The SMILES string of the molecule is O=C(NCCCCCc1nc2ccccc2n1CCCOc1ccccc1Cl)c1cccc(Cl)c1. The molecule has 0 aliphatic heterocycles. The third-order valence-corrected chi connectivity index (χ3v) is 6.35. The molecule has 1 amide bonds. The number of fused-ring (bicyclic) bond motifs is 1. The number of imidazole rings is 1. The molecule has 0 saturated heterocycles. The molecule has 0 unspecified atom stereocenters. The predicted octanol–water partition coefficient (Wildman–Crippen LogP) is 6.96. The van der Waals surface area contributed by atoms with Crippen LogP contribution in [0.25, 0.3) is 11.0 Å². The molecule has 7 heteroatoms. The highest BCUT2D eigenvalue weighted by Gasteiger charge is 2.11. The Morgan fingerprint density at radius 1 is 0.914 bits per heavy atom. The van der Waals surface area contributed by atoms with E-state index in [0.717, 1.165) is 55.5 Å². The largest absolute Gasteiger partial charge is 0.492 e. The highest BCUT2D eigenvalue weighted by molar-refractivity contribution is 6.32. The summed E-state index contributed by atoms with van der Waals surface area (Å²) >= 11 is 12.2. The Hall–Kier alpha value is -3.02. The molecule has 1 aromatic heterocycles. The number of amides is 1. The van der Waals surface area contributed by atoms with Crippen molar-refractivity contribution in [1.29, 1.82) is 0 Å².